The molecule has 0 saturated heterocycles. The van der Waals surface area contributed by atoms with E-state index in [4.69, 9.17) is 0 Å². The van der Waals surface area contributed by atoms with Gasteiger partial charge in [0, 0.05) is 29.0 Å². The third-order valence-corrected chi connectivity index (χ3v) is 5.87. The van der Waals surface area contributed by atoms with Crippen LogP contribution in [0.3, 0.4) is 0 Å². The van der Waals surface area contributed by atoms with Crippen molar-refractivity contribution in [2.45, 2.75) is 25.7 Å². The highest BCUT2D eigenvalue weighted by atomic mass is 32.1. The van der Waals surface area contributed by atoms with E-state index in [1.54, 1.807) is 22.0 Å². The Morgan fingerprint density at radius 3 is 2.73 bits per heavy atom. The standard InChI is InChI=1S/C20H16N4OS/c1-12-4-6-13(7-5-12)19-22-20-21-16-9-14(18-3-2-8-26-18)10-17(25)15(16)11-24(20)23-19/h2-8,11,14H,9-10H2,1H3/t14-/m0/s1. The molecule has 5 nitrogen and oxygen atoms in total. The van der Waals surface area contributed by atoms with Crippen LogP contribution in [0.1, 0.15) is 38.8 Å². The minimum Gasteiger partial charge on any atom is -0.294 e. The minimum absolute atomic E-state index is 0.131. The van der Waals surface area contributed by atoms with Gasteiger partial charge in [0.15, 0.2) is 11.6 Å². The fourth-order valence-corrected chi connectivity index (χ4v) is 4.26. The van der Waals surface area contributed by atoms with Gasteiger partial charge in [-0.05, 0) is 24.8 Å². The van der Waals surface area contributed by atoms with Crippen molar-refractivity contribution in [3.05, 3.63) is 69.7 Å². The highest BCUT2D eigenvalue weighted by molar-refractivity contribution is 7.10. The third-order valence-electron chi connectivity index (χ3n) is 4.84. The number of carbonyl (C=O) groups is 1. The number of Topliss-reactive ketones (excluding diaryl/α,β-unsaturated/α-hetero) is 1. The second-order valence-electron chi connectivity index (χ2n) is 6.69. The fraction of sp³-hybridized carbons (Fsp3) is 0.200. The molecule has 0 spiro atoms. The first-order valence-corrected chi connectivity index (χ1v) is 9.45. The lowest BCUT2D eigenvalue weighted by atomic mass is 9.86. The minimum atomic E-state index is 0.131. The smallest absolute Gasteiger partial charge is 0.252 e. The first kappa shape index (κ1) is 15.4. The molecule has 1 aliphatic carbocycles. The zero-order valence-corrected chi connectivity index (χ0v) is 15.0. The number of hydrogen-bond donors (Lipinski definition) is 0. The van der Waals surface area contributed by atoms with Crippen LogP contribution in [0.5, 0.6) is 0 Å². The molecule has 0 saturated carbocycles. The number of hydrogen-bond acceptors (Lipinski definition) is 5. The molecule has 6 heteroatoms. The normalized spacial score (nSPS) is 16.8. The molecule has 128 valence electrons. The lowest BCUT2D eigenvalue weighted by molar-refractivity contribution is 0.0963. The maximum absolute atomic E-state index is 12.7. The summed E-state index contributed by atoms with van der Waals surface area (Å²) >= 11 is 1.70. The van der Waals surface area contributed by atoms with Crippen LogP contribution in [0.2, 0.25) is 0 Å². The Morgan fingerprint density at radius 2 is 1.96 bits per heavy atom. The van der Waals surface area contributed by atoms with Crippen LogP contribution >= 0.6 is 11.3 Å². The van der Waals surface area contributed by atoms with Gasteiger partial charge in [-0.25, -0.2) is 9.50 Å². The topological polar surface area (TPSA) is 60.1 Å². The van der Waals surface area contributed by atoms with Crippen molar-refractivity contribution in [1.29, 1.82) is 0 Å². The maximum Gasteiger partial charge on any atom is 0.252 e. The largest absolute Gasteiger partial charge is 0.294 e. The number of rotatable bonds is 2. The molecule has 3 heterocycles. The third kappa shape index (κ3) is 2.54. The molecule has 1 atom stereocenters. The quantitative estimate of drug-likeness (QED) is 0.540. The fourth-order valence-electron chi connectivity index (χ4n) is 3.43. The molecule has 1 aliphatic rings. The average molecular weight is 360 g/mol. The van der Waals surface area contributed by atoms with Crippen molar-refractivity contribution < 1.29 is 4.79 Å². The second-order valence-corrected chi connectivity index (χ2v) is 7.67. The Morgan fingerprint density at radius 1 is 1.12 bits per heavy atom. The Labute approximate surface area is 154 Å². The maximum atomic E-state index is 12.7. The molecule has 0 N–H and O–H groups in total. The van der Waals surface area contributed by atoms with E-state index >= 15 is 0 Å². The van der Waals surface area contributed by atoms with Crippen molar-refractivity contribution in [3.8, 4) is 11.4 Å². The highest BCUT2D eigenvalue weighted by Gasteiger charge is 2.29. The summed E-state index contributed by atoms with van der Waals surface area (Å²) in [6.07, 6.45) is 3.08. The van der Waals surface area contributed by atoms with Crippen LogP contribution in [0.4, 0.5) is 0 Å². The number of ketones is 1. The van der Waals surface area contributed by atoms with Gasteiger partial charge in [-0.2, -0.15) is 4.98 Å². The van der Waals surface area contributed by atoms with Crippen molar-refractivity contribution in [2.24, 2.45) is 0 Å². The molecule has 0 radical (unpaired) electrons. The summed E-state index contributed by atoms with van der Waals surface area (Å²) < 4.78 is 1.62. The van der Waals surface area contributed by atoms with Gasteiger partial charge in [0.2, 0.25) is 0 Å². The zero-order chi connectivity index (χ0) is 17.7. The summed E-state index contributed by atoms with van der Waals surface area (Å²) in [5.41, 5.74) is 3.64. The Bertz CT molecular complexity index is 1110. The predicted molar refractivity (Wildman–Crippen MR) is 101 cm³/mol. The summed E-state index contributed by atoms with van der Waals surface area (Å²) in [5.74, 6) is 1.51. The number of benzene rings is 1. The molecular weight excluding hydrogens is 344 g/mol. The molecule has 4 aromatic rings. The Kier molecular flexibility index (Phi) is 3.46. The summed E-state index contributed by atoms with van der Waals surface area (Å²) in [5, 5.41) is 6.57. The van der Waals surface area contributed by atoms with Gasteiger partial charge >= 0.3 is 0 Å². The lowest BCUT2D eigenvalue weighted by Crippen LogP contribution is -2.20. The number of aryl methyl sites for hydroxylation is 1. The Balaban J connectivity index is 1.57. The van der Waals surface area contributed by atoms with Crippen LogP contribution in [-0.4, -0.2) is 25.4 Å². The van der Waals surface area contributed by atoms with Gasteiger partial charge in [0.25, 0.3) is 5.78 Å². The number of nitrogens with zero attached hydrogens (tertiary/aromatic N) is 4. The summed E-state index contributed by atoms with van der Waals surface area (Å²) in [6.45, 7) is 2.05. The van der Waals surface area contributed by atoms with Gasteiger partial charge in [-0.15, -0.1) is 16.4 Å². The van der Waals surface area contributed by atoms with Gasteiger partial charge in [-0.1, -0.05) is 35.9 Å². The summed E-state index contributed by atoms with van der Waals surface area (Å²) in [4.78, 5) is 23.1. The van der Waals surface area contributed by atoms with Gasteiger partial charge in [0.1, 0.15) is 0 Å². The molecule has 1 aromatic carbocycles. The summed E-state index contributed by atoms with van der Waals surface area (Å²) in [7, 11) is 0. The van der Waals surface area contributed by atoms with E-state index in [1.165, 1.54) is 10.4 Å². The summed E-state index contributed by atoms with van der Waals surface area (Å²) in [6, 6.07) is 12.2. The van der Waals surface area contributed by atoms with Crippen LogP contribution in [-0.2, 0) is 6.42 Å². The molecule has 26 heavy (non-hydrogen) atoms. The van der Waals surface area contributed by atoms with Crippen molar-refractivity contribution >= 4 is 22.9 Å². The van der Waals surface area contributed by atoms with Crippen molar-refractivity contribution in [3.63, 3.8) is 0 Å². The molecule has 0 fully saturated rings. The number of aromatic nitrogens is 4. The van der Waals surface area contributed by atoms with E-state index in [2.05, 4.69) is 26.5 Å². The Hall–Kier alpha value is -2.86. The molecule has 0 unspecified atom stereocenters. The van der Waals surface area contributed by atoms with Crippen LogP contribution in [0, 0.1) is 6.92 Å². The van der Waals surface area contributed by atoms with Crippen molar-refractivity contribution in [2.75, 3.05) is 0 Å². The monoisotopic (exact) mass is 360 g/mol. The molecule has 0 amide bonds. The van der Waals surface area contributed by atoms with Gasteiger partial charge in [-0.3, -0.25) is 4.79 Å². The SMILES string of the molecule is Cc1ccc(-c2nc3nc4c(cn3n2)C(=O)C[C@@H](c2cccs2)C4)cc1. The lowest BCUT2D eigenvalue weighted by Gasteiger charge is -2.21. The number of thiophene rings is 1. The van der Waals surface area contributed by atoms with Gasteiger partial charge in [0.05, 0.1) is 11.3 Å². The molecular formula is C20H16N4OS. The molecule has 5 rings (SSSR count). The van der Waals surface area contributed by atoms with Crippen molar-refractivity contribution in [1.82, 2.24) is 19.6 Å². The van der Waals surface area contributed by atoms with E-state index in [1.807, 2.05) is 37.3 Å². The molecule has 0 bridgehead atoms. The number of carbonyl (C=O) groups excluding carboxylic acids is 1. The van der Waals surface area contributed by atoms with Crippen LogP contribution in [0.25, 0.3) is 17.2 Å². The van der Waals surface area contributed by atoms with Crippen LogP contribution in [0.15, 0.2) is 48.0 Å². The first-order valence-electron chi connectivity index (χ1n) is 8.57. The molecule has 3 aromatic heterocycles. The van der Waals surface area contributed by atoms with E-state index in [-0.39, 0.29) is 11.7 Å². The predicted octanol–water partition coefficient (Wildman–Crippen LogP) is 4.07. The average Bonchev–Trinajstić information content (AvgIpc) is 3.30. The first-order chi connectivity index (χ1) is 12.7. The number of fused-ring (bicyclic) bond motifs is 2. The van der Waals surface area contributed by atoms with E-state index in [0.29, 0.717) is 23.6 Å². The zero-order valence-electron chi connectivity index (χ0n) is 14.2. The second kappa shape index (κ2) is 5.85. The van der Waals surface area contributed by atoms with E-state index in [0.717, 1.165) is 17.7 Å². The molecule has 0 aliphatic heterocycles. The van der Waals surface area contributed by atoms with E-state index < -0.39 is 0 Å². The van der Waals surface area contributed by atoms with Gasteiger partial charge < -0.3 is 0 Å². The van der Waals surface area contributed by atoms with E-state index in [9.17, 15) is 4.79 Å². The highest BCUT2D eigenvalue weighted by Crippen LogP contribution is 2.34. The van der Waals surface area contributed by atoms with Crippen LogP contribution < -0.4 is 0 Å².